The summed E-state index contributed by atoms with van der Waals surface area (Å²) in [6.07, 6.45) is 7.98. The molecule has 1 saturated carbocycles. The number of benzene rings is 1. The molecule has 116 valence electrons. The van der Waals surface area contributed by atoms with Gasteiger partial charge in [0.2, 0.25) is 0 Å². The number of likely N-dealkylation sites (N-methyl/N-ethyl adjacent to an activating group) is 1. The number of rotatable bonds is 3. The molecule has 21 heavy (non-hydrogen) atoms. The molecule has 2 aliphatic rings. The van der Waals surface area contributed by atoms with Crippen LogP contribution in [0.15, 0.2) is 18.2 Å². The first-order chi connectivity index (χ1) is 10.2. The van der Waals surface area contributed by atoms with Gasteiger partial charge < -0.3 is 14.4 Å². The summed E-state index contributed by atoms with van der Waals surface area (Å²) in [5.74, 6) is 1.69. The average Bonchev–Trinajstić information content (AvgIpc) is 2.72. The van der Waals surface area contributed by atoms with Crippen LogP contribution < -0.4 is 9.47 Å². The zero-order valence-corrected chi connectivity index (χ0v) is 13.5. The molecule has 3 rings (SSSR count). The van der Waals surface area contributed by atoms with E-state index in [0.29, 0.717) is 11.5 Å². The lowest BCUT2D eigenvalue weighted by Crippen LogP contribution is -2.40. The Morgan fingerprint density at radius 2 is 1.86 bits per heavy atom. The monoisotopic (exact) mass is 289 g/mol. The minimum Gasteiger partial charge on any atom is -0.493 e. The maximum Gasteiger partial charge on any atom is 0.161 e. The summed E-state index contributed by atoms with van der Waals surface area (Å²) in [6.45, 7) is 1.21. The molecule has 1 aromatic rings. The number of nitrogens with zero attached hydrogens (tertiary/aromatic N) is 1. The highest BCUT2D eigenvalue weighted by Gasteiger charge is 2.47. The minimum absolute atomic E-state index is 0.310. The lowest BCUT2D eigenvalue weighted by atomic mass is 9.71. The molecule has 1 saturated heterocycles. The summed E-state index contributed by atoms with van der Waals surface area (Å²) in [6, 6.07) is 7.23. The number of fused-ring (bicyclic) bond motifs is 1. The second-order valence-electron chi connectivity index (χ2n) is 6.57. The zero-order valence-electron chi connectivity index (χ0n) is 13.5. The highest BCUT2D eigenvalue weighted by molar-refractivity contribution is 5.46. The molecule has 3 nitrogen and oxygen atoms in total. The third kappa shape index (κ3) is 2.42. The molecule has 0 amide bonds. The summed E-state index contributed by atoms with van der Waals surface area (Å²) in [5.41, 5.74) is 1.75. The molecule has 1 aliphatic carbocycles. The molecule has 1 heterocycles. The van der Waals surface area contributed by atoms with E-state index in [2.05, 4.69) is 30.1 Å². The van der Waals surface area contributed by atoms with E-state index in [-0.39, 0.29) is 0 Å². The van der Waals surface area contributed by atoms with Gasteiger partial charge >= 0.3 is 0 Å². The molecular formula is C18H27NO2. The van der Waals surface area contributed by atoms with E-state index in [0.717, 1.165) is 11.5 Å². The summed E-state index contributed by atoms with van der Waals surface area (Å²) < 4.78 is 10.9. The van der Waals surface area contributed by atoms with Crippen LogP contribution in [-0.4, -0.2) is 38.8 Å². The van der Waals surface area contributed by atoms with Gasteiger partial charge in [-0.25, -0.2) is 0 Å². The van der Waals surface area contributed by atoms with Gasteiger partial charge in [-0.15, -0.1) is 0 Å². The molecule has 0 N–H and O–H groups in total. The van der Waals surface area contributed by atoms with Crippen LogP contribution in [0.2, 0.25) is 0 Å². The fraction of sp³-hybridized carbons (Fsp3) is 0.667. The predicted octanol–water partition coefficient (Wildman–Crippen LogP) is 3.61. The summed E-state index contributed by atoms with van der Waals surface area (Å²) in [7, 11) is 5.72. The van der Waals surface area contributed by atoms with E-state index in [1.165, 1.54) is 50.6 Å². The normalized spacial score (nSPS) is 29.8. The van der Waals surface area contributed by atoms with Gasteiger partial charge in [-0.1, -0.05) is 25.3 Å². The van der Waals surface area contributed by atoms with Crippen LogP contribution in [0.1, 0.15) is 44.1 Å². The molecule has 0 bridgehead atoms. The molecule has 0 unspecified atom stereocenters. The zero-order chi connectivity index (χ0) is 14.9. The first kappa shape index (κ1) is 14.7. The third-order valence-corrected chi connectivity index (χ3v) is 5.64. The van der Waals surface area contributed by atoms with E-state index in [1.807, 2.05) is 0 Å². The Morgan fingerprint density at radius 1 is 1.05 bits per heavy atom. The molecular weight excluding hydrogens is 262 g/mol. The third-order valence-electron chi connectivity index (χ3n) is 5.64. The Kier molecular flexibility index (Phi) is 4.12. The summed E-state index contributed by atoms with van der Waals surface area (Å²) in [4.78, 5) is 2.57. The van der Waals surface area contributed by atoms with Gasteiger partial charge in [0.1, 0.15) is 0 Å². The van der Waals surface area contributed by atoms with Gasteiger partial charge in [0.05, 0.1) is 14.2 Å². The second kappa shape index (κ2) is 5.88. The van der Waals surface area contributed by atoms with Crippen molar-refractivity contribution in [2.24, 2.45) is 0 Å². The van der Waals surface area contributed by atoms with Gasteiger partial charge in [0, 0.05) is 11.5 Å². The topological polar surface area (TPSA) is 21.7 Å². The molecule has 1 aliphatic heterocycles. The van der Waals surface area contributed by atoms with Crippen molar-refractivity contribution in [3.05, 3.63) is 23.8 Å². The summed E-state index contributed by atoms with van der Waals surface area (Å²) in [5, 5.41) is 0. The quantitative estimate of drug-likeness (QED) is 0.848. The highest BCUT2D eigenvalue weighted by atomic mass is 16.5. The molecule has 3 heteroatoms. The lowest BCUT2D eigenvalue weighted by molar-refractivity contribution is 0.229. The van der Waals surface area contributed by atoms with Crippen molar-refractivity contribution in [2.45, 2.75) is 50.0 Å². The molecule has 0 spiro atoms. The smallest absolute Gasteiger partial charge is 0.161 e. The lowest BCUT2D eigenvalue weighted by Gasteiger charge is -2.37. The molecule has 0 radical (unpaired) electrons. The van der Waals surface area contributed by atoms with E-state index < -0.39 is 0 Å². The largest absolute Gasteiger partial charge is 0.493 e. The number of likely N-dealkylation sites (tertiary alicyclic amines) is 1. The van der Waals surface area contributed by atoms with Crippen LogP contribution in [-0.2, 0) is 5.41 Å². The van der Waals surface area contributed by atoms with Crippen LogP contribution in [0.25, 0.3) is 0 Å². The van der Waals surface area contributed by atoms with E-state index in [4.69, 9.17) is 9.47 Å². The van der Waals surface area contributed by atoms with Crippen LogP contribution >= 0.6 is 0 Å². The second-order valence-corrected chi connectivity index (χ2v) is 6.57. The van der Waals surface area contributed by atoms with Crippen LogP contribution in [0, 0.1) is 0 Å². The maximum atomic E-state index is 5.53. The van der Waals surface area contributed by atoms with E-state index in [1.54, 1.807) is 14.2 Å². The fourth-order valence-electron chi connectivity index (χ4n) is 4.49. The van der Waals surface area contributed by atoms with Crippen molar-refractivity contribution in [2.75, 3.05) is 27.8 Å². The molecule has 2 fully saturated rings. The first-order valence-electron chi connectivity index (χ1n) is 8.14. The van der Waals surface area contributed by atoms with Crippen molar-refractivity contribution in [3.63, 3.8) is 0 Å². The highest BCUT2D eigenvalue weighted by Crippen LogP contribution is 2.48. The number of hydrogen-bond acceptors (Lipinski definition) is 3. The van der Waals surface area contributed by atoms with Crippen LogP contribution in [0.3, 0.4) is 0 Å². The van der Waals surface area contributed by atoms with E-state index >= 15 is 0 Å². The number of methoxy groups -OCH3 is 2. The van der Waals surface area contributed by atoms with Crippen LogP contribution in [0.4, 0.5) is 0 Å². The Labute approximate surface area is 128 Å². The van der Waals surface area contributed by atoms with Crippen molar-refractivity contribution in [1.29, 1.82) is 0 Å². The first-order valence-corrected chi connectivity index (χ1v) is 8.14. The Hall–Kier alpha value is -1.22. The van der Waals surface area contributed by atoms with Crippen molar-refractivity contribution >= 4 is 0 Å². The molecule has 1 aromatic carbocycles. The van der Waals surface area contributed by atoms with Gasteiger partial charge in [-0.3, -0.25) is 0 Å². The molecule has 2 atom stereocenters. The maximum absolute atomic E-state index is 5.53. The molecule has 0 aromatic heterocycles. The van der Waals surface area contributed by atoms with Crippen molar-refractivity contribution < 1.29 is 9.47 Å². The minimum atomic E-state index is 0.310. The van der Waals surface area contributed by atoms with Crippen LogP contribution in [0.5, 0.6) is 11.5 Å². The fourth-order valence-corrected chi connectivity index (χ4v) is 4.49. The number of ether oxygens (including phenoxy) is 2. The predicted molar refractivity (Wildman–Crippen MR) is 85.3 cm³/mol. The Bertz CT molecular complexity index is 502. The standard InChI is InChI=1S/C18H27NO2/c1-19-12-11-18(10-6-4-5-7-17(18)19)14-8-9-15(20-2)16(13-14)21-3/h8-9,13,17H,4-7,10-12H2,1-3H3/t17-,18-/m0/s1. The van der Waals surface area contributed by atoms with Crippen molar-refractivity contribution in [1.82, 2.24) is 4.90 Å². The summed E-state index contributed by atoms with van der Waals surface area (Å²) >= 11 is 0. The average molecular weight is 289 g/mol. The van der Waals surface area contributed by atoms with Gasteiger partial charge in [0.25, 0.3) is 0 Å². The van der Waals surface area contributed by atoms with Gasteiger partial charge in [-0.2, -0.15) is 0 Å². The van der Waals surface area contributed by atoms with Crippen molar-refractivity contribution in [3.8, 4) is 11.5 Å². The number of hydrogen-bond donors (Lipinski definition) is 0. The van der Waals surface area contributed by atoms with Gasteiger partial charge in [0.15, 0.2) is 11.5 Å². The van der Waals surface area contributed by atoms with Gasteiger partial charge in [-0.05, 0) is 50.6 Å². The SMILES string of the molecule is COc1ccc([C@@]23CCCCC[C@@H]2N(C)CC3)cc1OC. The Balaban J connectivity index is 2.03. The Morgan fingerprint density at radius 3 is 2.62 bits per heavy atom. The van der Waals surface area contributed by atoms with E-state index in [9.17, 15) is 0 Å².